The zero-order valence-electron chi connectivity index (χ0n) is 17.2. The number of carbonyl (C=O) groups is 1. The minimum Gasteiger partial charge on any atom is -0.494 e. The van der Waals surface area contributed by atoms with Crippen LogP contribution in [0.2, 0.25) is 0 Å². The normalized spacial score (nSPS) is 12.1. The fourth-order valence-corrected chi connectivity index (χ4v) is 3.75. The van der Waals surface area contributed by atoms with Crippen LogP contribution in [0.1, 0.15) is 71.8 Å². The molecule has 1 aromatic carbocycles. The van der Waals surface area contributed by atoms with Crippen LogP contribution in [0.25, 0.3) is 0 Å². The first-order valence-electron chi connectivity index (χ1n) is 9.82. The molecule has 0 aliphatic heterocycles. The molecule has 0 radical (unpaired) electrons. The molecule has 5 nitrogen and oxygen atoms in total. The highest BCUT2D eigenvalue weighted by molar-refractivity contribution is 7.92. The predicted octanol–water partition coefficient (Wildman–Crippen LogP) is 4.33. The third kappa shape index (κ3) is 8.33. The van der Waals surface area contributed by atoms with Gasteiger partial charge in [-0.3, -0.25) is 4.79 Å². The van der Waals surface area contributed by atoms with Gasteiger partial charge >= 0.3 is 0 Å². The van der Waals surface area contributed by atoms with Gasteiger partial charge in [-0.15, -0.1) is 0 Å². The quantitative estimate of drug-likeness (QED) is 0.419. The Bertz CT molecular complexity index is 705. The van der Waals surface area contributed by atoms with Crippen LogP contribution in [0.5, 0.6) is 5.75 Å². The first-order valence-corrected chi connectivity index (χ1v) is 11.5. The van der Waals surface area contributed by atoms with Crippen molar-refractivity contribution in [1.82, 2.24) is 0 Å². The fourth-order valence-electron chi connectivity index (χ4n) is 2.56. The molecule has 0 bridgehead atoms. The number of rotatable bonds is 12. The molecule has 6 heteroatoms. The lowest BCUT2D eigenvalue weighted by Crippen LogP contribution is -2.30. The van der Waals surface area contributed by atoms with E-state index in [1.54, 1.807) is 26.8 Å². The summed E-state index contributed by atoms with van der Waals surface area (Å²) in [4.78, 5) is 12.2. The summed E-state index contributed by atoms with van der Waals surface area (Å²) in [6, 6.07) is 5.48. The number of ether oxygens (including phenoxy) is 1. The standard InChI is InChI=1S/C21H35NO4S/c1-5-6-13-26-19-12-11-17(20(22)16-19)15-18(23)10-8-7-9-14-27(24,25)21(2,3)4/h11-12,16H,5-10,13-15,22H2,1-4H3. The molecule has 0 amide bonds. The molecule has 0 saturated heterocycles. The minimum atomic E-state index is -3.08. The van der Waals surface area contributed by atoms with E-state index in [2.05, 4.69) is 6.92 Å². The maximum Gasteiger partial charge on any atom is 0.155 e. The number of sulfone groups is 1. The maximum absolute atomic E-state index is 12.2. The highest BCUT2D eigenvalue weighted by Gasteiger charge is 2.27. The fraction of sp³-hybridized carbons (Fsp3) is 0.667. The minimum absolute atomic E-state index is 0.125. The van der Waals surface area contributed by atoms with Crippen molar-refractivity contribution in [3.05, 3.63) is 23.8 Å². The number of Topliss-reactive ketones (excluding diaryl/α,β-unsaturated/α-hetero) is 1. The van der Waals surface area contributed by atoms with Crippen LogP contribution in [0, 0.1) is 0 Å². The number of nitrogens with two attached hydrogens (primary N) is 1. The van der Waals surface area contributed by atoms with Crippen molar-refractivity contribution >= 4 is 21.3 Å². The molecule has 0 saturated carbocycles. The van der Waals surface area contributed by atoms with E-state index in [0.29, 0.717) is 38.0 Å². The third-order valence-corrected chi connectivity index (χ3v) is 7.27. The van der Waals surface area contributed by atoms with E-state index in [1.165, 1.54) is 0 Å². The molecule has 0 heterocycles. The summed E-state index contributed by atoms with van der Waals surface area (Å²) in [5.74, 6) is 1.04. The Balaban J connectivity index is 2.36. The number of carbonyl (C=O) groups excluding carboxylic acids is 1. The Morgan fingerprint density at radius 2 is 1.81 bits per heavy atom. The molecule has 154 valence electrons. The topological polar surface area (TPSA) is 86.5 Å². The molecule has 0 fully saturated rings. The molecule has 1 rings (SSSR count). The molecule has 0 aromatic heterocycles. The number of anilines is 1. The van der Waals surface area contributed by atoms with Crippen LogP contribution in [0.3, 0.4) is 0 Å². The summed E-state index contributed by atoms with van der Waals surface area (Å²) in [7, 11) is -3.08. The van der Waals surface area contributed by atoms with E-state index in [0.717, 1.165) is 30.6 Å². The zero-order valence-corrected chi connectivity index (χ0v) is 18.0. The van der Waals surface area contributed by atoms with Gasteiger partial charge in [0.15, 0.2) is 9.84 Å². The van der Waals surface area contributed by atoms with Gasteiger partial charge in [0, 0.05) is 24.6 Å². The predicted molar refractivity (Wildman–Crippen MR) is 112 cm³/mol. The van der Waals surface area contributed by atoms with Crippen LogP contribution < -0.4 is 10.5 Å². The van der Waals surface area contributed by atoms with Crippen LogP contribution in [0.15, 0.2) is 18.2 Å². The van der Waals surface area contributed by atoms with Gasteiger partial charge in [-0.1, -0.05) is 25.8 Å². The number of ketones is 1. The van der Waals surface area contributed by atoms with E-state index in [4.69, 9.17) is 10.5 Å². The van der Waals surface area contributed by atoms with Gasteiger partial charge in [0.2, 0.25) is 0 Å². The van der Waals surface area contributed by atoms with Gasteiger partial charge in [0.05, 0.1) is 17.1 Å². The van der Waals surface area contributed by atoms with E-state index in [-0.39, 0.29) is 11.5 Å². The number of hydrogen-bond donors (Lipinski definition) is 1. The van der Waals surface area contributed by atoms with E-state index in [1.807, 2.05) is 12.1 Å². The van der Waals surface area contributed by atoms with Gasteiger partial charge in [-0.05, 0) is 51.7 Å². The van der Waals surface area contributed by atoms with Crippen molar-refractivity contribution in [2.24, 2.45) is 0 Å². The summed E-state index contributed by atoms with van der Waals surface area (Å²) < 4.78 is 29.0. The molecule has 2 N–H and O–H groups in total. The average Bonchev–Trinajstić information content (AvgIpc) is 2.56. The van der Waals surface area contributed by atoms with Crippen molar-refractivity contribution in [3.63, 3.8) is 0 Å². The second kappa shape index (κ2) is 10.7. The second-order valence-corrected chi connectivity index (χ2v) is 10.9. The molecular weight excluding hydrogens is 362 g/mol. The monoisotopic (exact) mass is 397 g/mol. The van der Waals surface area contributed by atoms with Gasteiger partial charge in [-0.25, -0.2) is 8.42 Å². The van der Waals surface area contributed by atoms with Crippen molar-refractivity contribution in [2.75, 3.05) is 18.1 Å². The van der Waals surface area contributed by atoms with Crippen LogP contribution in [-0.4, -0.2) is 31.3 Å². The van der Waals surface area contributed by atoms with Gasteiger partial charge < -0.3 is 10.5 Å². The largest absolute Gasteiger partial charge is 0.494 e. The SMILES string of the molecule is CCCCOc1ccc(CC(=O)CCCCCS(=O)(=O)C(C)(C)C)c(N)c1. The Morgan fingerprint density at radius 1 is 1.11 bits per heavy atom. The van der Waals surface area contributed by atoms with Gasteiger partial charge in [0.1, 0.15) is 11.5 Å². The van der Waals surface area contributed by atoms with Gasteiger partial charge in [0.25, 0.3) is 0 Å². The Kier molecular flexibility index (Phi) is 9.30. The number of nitrogen functional groups attached to an aromatic ring is 1. The Hall–Kier alpha value is -1.56. The first kappa shape index (κ1) is 23.5. The molecule has 27 heavy (non-hydrogen) atoms. The van der Waals surface area contributed by atoms with Crippen molar-refractivity contribution < 1.29 is 17.9 Å². The smallest absolute Gasteiger partial charge is 0.155 e. The summed E-state index contributed by atoms with van der Waals surface area (Å²) in [6.07, 6.45) is 4.86. The Labute approximate surface area is 164 Å². The molecular formula is C21H35NO4S. The third-order valence-electron chi connectivity index (χ3n) is 4.57. The molecule has 1 aromatic rings. The lowest BCUT2D eigenvalue weighted by atomic mass is 10.0. The lowest BCUT2D eigenvalue weighted by molar-refractivity contribution is -0.118. The molecule has 0 atom stereocenters. The lowest BCUT2D eigenvalue weighted by Gasteiger charge is -2.18. The molecule has 0 unspecified atom stereocenters. The van der Waals surface area contributed by atoms with Crippen LogP contribution in [0.4, 0.5) is 5.69 Å². The van der Waals surface area contributed by atoms with Crippen molar-refractivity contribution in [3.8, 4) is 5.75 Å². The second-order valence-electron chi connectivity index (χ2n) is 8.02. The highest BCUT2D eigenvalue weighted by Crippen LogP contribution is 2.22. The number of hydrogen-bond acceptors (Lipinski definition) is 5. The van der Waals surface area contributed by atoms with Crippen molar-refractivity contribution in [1.29, 1.82) is 0 Å². The Morgan fingerprint density at radius 3 is 2.41 bits per heavy atom. The highest BCUT2D eigenvalue weighted by atomic mass is 32.2. The van der Waals surface area contributed by atoms with E-state index < -0.39 is 14.6 Å². The average molecular weight is 398 g/mol. The summed E-state index contributed by atoms with van der Waals surface area (Å²) >= 11 is 0. The first-order chi connectivity index (χ1) is 12.6. The van der Waals surface area contributed by atoms with Crippen LogP contribution in [-0.2, 0) is 21.1 Å². The summed E-state index contributed by atoms with van der Waals surface area (Å²) in [5, 5.41) is 0. The molecule has 0 spiro atoms. The van der Waals surface area contributed by atoms with Crippen LogP contribution >= 0.6 is 0 Å². The van der Waals surface area contributed by atoms with E-state index >= 15 is 0 Å². The zero-order chi connectivity index (χ0) is 20.5. The summed E-state index contributed by atoms with van der Waals surface area (Å²) in [6.45, 7) is 7.93. The summed E-state index contributed by atoms with van der Waals surface area (Å²) in [5.41, 5.74) is 7.44. The van der Waals surface area contributed by atoms with E-state index in [9.17, 15) is 13.2 Å². The number of unbranched alkanes of at least 4 members (excludes halogenated alkanes) is 3. The maximum atomic E-state index is 12.2. The van der Waals surface area contributed by atoms with Gasteiger partial charge in [-0.2, -0.15) is 0 Å². The molecule has 0 aliphatic carbocycles. The molecule has 0 aliphatic rings. The van der Waals surface area contributed by atoms with Crippen molar-refractivity contribution in [2.45, 2.75) is 77.4 Å². The number of benzene rings is 1.